The first-order valence-corrected chi connectivity index (χ1v) is 9.12. The van der Waals surface area contributed by atoms with Gasteiger partial charge in [0, 0.05) is 30.5 Å². The van der Waals surface area contributed by atoms with Crippen molar-refractivity contribution in [1.29, 1.82) is 0 Å². The third kappa shape index (κ3) is 6.26. The predicted octanol–water partition coefficient (Wildman–Crippen LogP) is 4.91. The van der Waals surface area contributed by atoms with Gasteiger partial charge in [0.15, 0.2) is 0 Å². The van der Waals surface area contributed by atoms with Gasteiger partial charge in [0.1, 0.15) is 17.8 Å². The number of hydrogen-bond acceptors (Lipinski definition) is 5. The van der Waals surface area contributed by atoms with Gasteiger partial charge in [0.2, 0.25) is 0 Å². The molecule has 0 heterocycles. The van der Waals surface area contributed by atoms with E-state index in [1.165, 1.54) is 0 Å². The first kappa shape index (κ1) is 18.4. The summed E-state index contributed by atoms with van der Waals surface area (Å²) in [5, 5.41) is 0. The number of carbonyl (C=O) groups excluding carboxylic acids is 1. The van der Waals surface area contributed by atoms with E-state index in [1.54, 1.807) is 11.9 Å². The molecule has 0 spiro atoms. The highest BCUT2D eigenvalue weighted by Gasteiger charge is 2.02. The largest absolute Gasteiger partial charge is 0.457 e. The van der Waals surface area contributed by atoms with Gasteiger partial charge >= 0.3 is 0 Å². The molecule has 0 aliphatic carbocycles. The van der Waals surface area contributed by atoms with Crippen LogP contribution in [0.4, 0.5) is 5.69 Å². The number of hydrogen-bond donors (Lipinski definition) is 1. The number of ether oxygens (including phenoxy) is 2. The molecule has 0 bridgehead atoms. The molecular formula is C19H23NO3S. The van der Waals surface area contributed by atoms with Crippen molar-refractivity contribution in [1.82, 2.24) is 0 Å². The molecule has 0 aromatic heterocycles. The zero-order chi connectivity index (χ0) is 17.2. The predicted molar refractivity (Wildman–Crippen MR) is 99.6 cm³/mol. The van der Waals surface area contributed by atoms with Gasteiger partial charge in [0.05, 0.1) is 6.61 Å². The molecule has 0 aliphatic heterocycles. The van der Waals surface area contributed by atoms with Crippen LogP contribution in [0.25, 0.3) is 0 Å². The van der Waals surface area contributed by atoms with Gasteiger partial charge in [-0.15, -0.1) is 0 Å². The molecule has 0 radical (unpaired) electrons. The summed E-state index contributed by atoms with van der Waals surface area (Å²) in [4.78, 5) is 10.5. The molecule has 0 aliphatic rings. The van der Waals surface area contributed by atoms with Crippen molar-refractivity contribution in [3.63, 3.8) is 0 Å². The second-order valence-corrected chi connectivity index (χ2v) is 6.15. The summed E-state index contributed by atoms with van der Waals surface area (Å²) in [7, 11) is 0. The zero-order valence-electron chi connectivity index (χ0n) is 14.0. The Hall–Kier alpha value is -1.98. The Morgan fingerprint density at radius 1 is 1.17 bits per heavy atom. The van der Waals surface area contributed by atoms with E-state index >= 15 is 0 Å². The summed E-state index contributed by atoms with van der Waals surface area (Å²) in [6.45, 7) is 3.03. The Morgan fingerprint density at radius 2 is 1.96 bits per heavy atom. The van der Waals surface area contributed by atoms with Crippen LogP contribution in [-0.2, 0) is 16.1 Å². The molecule has 1 atom stereocenters. The van der Waals surface area contributed by atoms with E-state index in [0.29, 0.717) is 13.2 Å². The molecular weight excluding hydrogens is 322 g/mol. The summed E-state index contributed by atoms with van der Waals surface area (Å²) in [6, 6.07) is 15.7. The Kier molecular flexibility index (Phi) is 7.65. The summed E-state index contributed by atoms with van der Waals surface area (Å²) < 4.78 is 14.6. The molecule has 4 nitrogen and oxygen atoms in total. The SMILES string of the molecule is CSNc1cccc(Oc2ccc(COCCC(C)C=O)cc2)c1. The Bertz CT molecular complexity index is 631. The van der Waals surface area contributed by atoms with Crippen LogP contribution in [0.2, 0.25) is 0 Å². The minimum Gasteiger partial charge on any atom is -0.457 e. The zero-order valence-corrected chi connectivity index (χ0v) is 14.8. The van der Waals surface area contributed by atoms with Crippen LogP contribution < -0.4 is 9.46 Å². The van der Waals surface area contributed by atoms with Crippen LogP contribution in [0.15, 0.2) is 48.5 Å². The highest BCUT2D eigenvalue weighted by Crippen LogP contribution is 2.25. The maximum absolute atomic E-state index is 10.5. The molecule has 1 unspecified atom stereocenters. The van der Waals surface area contributed by atoms with Crippen LogP contribution in [0.5, 0.6) is 11.5 Å². The van der Waals surface area contributed by atoms with Crippen molar-refractivity contribution >= 4 is 23.9 Å². The molecule has 24 heavy (non-hydrogen) atoms. The summed E-state index contributed by atoms with van der Waals surface area (Å²) >= 11 is 1.55. The van der Waals surface area contributed by atoms with Gasteiger partial charge in [-0.1, -0.05) is 37.1 Å². The summed E-state index contributed by atoms with van der Waals surface area (Å²) in [5.41, 5.74) is 2.09. The lowest BCUT2D eigenvalue weighted by Gasteiger charge is -2.09. The maximum Gasteiger partial charge on any atom is 0.129 e. The molecule has 128 valence electrons. The van der Waals surface area contributed by atoms with E-state index in [4.69, 9.17) is 9.47 Å². The molecule has 0 fully saturated rings. The lowest BCUT2D eigenvalue weighted by molar-refractivity contribution is -0.111. The molecule has 0 amide bonds. The second-order valence-electron chi connectivity index (χ2n) is 5.53. The first-order chi connectivity index (χ1) is 11.7. The average Bonchev–Trinajstić information content (AvgIpc) is 2.60. The van der Waals surface area contributed by atoms with Gasteiger partial charge in [0.25, 0.3) is 0 Å². The van der Waals surface area contributed by atoms with Gasteiger partial charge in [-0.25, -0.2) is 0 Å². The molecule has 2 aromatic carbocycles. The molecule has 1 N–H and O–H groups in total. The second kappa shape index (κ2) is 10.0. The van der Waals surface area contributed by atoms with Crippen molar-refractivity contribution in [3.05, 3.63) is 54.1 Å². The Balaban J connectivity index is 1.83. The summed E-state index contributed by atoms with van der Waals surface area (Å²) in [6.07, 6.45) is 3.69. The van der Waals surface area contributed by atoms with Gasteiger partial charge < -0.3 is 19.0 Å². The fraction of sp³-hybridized carbons (Fsp3) is 0.316. The van der Waals surface area contributed by atoms with Crippen LogP contribution in [-0.4, -0.2) is 19.1 Å². The number of rotatable bonds is 10. The number of benzene rings is 2. The van der Waals surface area contributed by atoms with E-state index in [0.717, 1.165) is 35.5 Å². The van der Waals surface area contributed by atoms with Gasteiger partial charge in [-0.3, -0.25) is 0 Å². The Morgan fingerprint density at radius 3 is 2.67 bits per heavy atom. The number of anilines is 1. The topological polar surface area (TPSA) is 47.6 Å². The third-order valence-corrected chi connectivity index (χ3v) is 3.87. The van der Waals surface area contributed by atoms with Crippen molar-refractivity contribution in [2.24, 2.45) is 5.92 Å². The van der Waals surface area contributed by atoms with Crippen LogP contribution in [0, 0.1) is 5.92 Å². The van der Waals surface area contributed by atoms with E-state index in [2.05, 4.69) is 4.72 Å². The molecule has 2 aromatic rings. The van der Waals surface area contributed by atoms with E-state index in [9.17, 15) is 4.79 Å². The van der Waals surface area contributed by atoms with E-state index < -0.39 is 0 Å². The maximum atomic E-state index is 10.5. The molecule has 0 saturated carbocycles. The average molecular weight is 345 g/mol. The molecule has 2 rings (SSSR count). The van der Waals surface area contributed by atoms with E-state index in [-0.39, 0.29) is 5.92 Å². The summed E-state index contributed by atoms with van der Waals surface area (Å²) in [5.74, 6) is 1.63. The van der Waals surface area contributed by atoms with E-state index in [1.807, 2.05) is 61.7 Å². The molecule has 0 saturated heterocycles. The normalized spacial score (nSPS) is 11.8. The minimum absolute atomic E-state index is 0.0529. The number of aldehydes is 1. The Labute approximate surface area is 147 Å². The smallest absolute Gasteiger partial charge is 0.129 e. The van der Waals surface area contributed by atoms with Crippen LogP contribution in [0.1, 0.15) is 18.9 Å². The first-order valence-electron chi connectivity index (χ1n) is 7.90. The van der Waals surface area contributed by atoms with Gasteiger partial charge in [-0.05, 0) is 36.2 Å². The lowest BCUT2D eigenvalue weighted by atomic mass is 10.1. The highest BCUT2D eigenvalue weighted by molar-refractivity contribution is 7.99. The van der Waals surface area contributed by atoms with Crippen molar-refractivity contribution < 1.29 is 14.3 Å². The minimum atomic E-state index is 0.0529. The lowest BCUT2D eigenvalue weighted by Crippen LogP contribution is -2.02. The van der Waals surface area contributed by atoms with Crippen molar-refractivity contribution in [2.45, 2.75) is 20.0 Å². The monoisotopic (exact) mass is 345 g/mol. The number of carbonyl (C=O) groups is 1. The standard InChI is InChI=1S/C19H23NO3S/c1-15(13-21)10-11-22-14-16-6-8-18(9-7-16)23-19-5-3-4-17(12-19)20-24-2/h3-9,12-13,15,20H,10-11,14H2,1-2H3. The van der Waals surface area contributed by atoms with Crippen molar-refractivity contribution in [2.75, 3.05) is 17.6 Å². The molecule has 5 heteroatoms. The van der Waals surface area contributed by atoms with Gasteiger partial charge in [-0.2, -0.15) is 0 Å². The third-order valence-electron chi connectivity index (χ3n) is 3.43. The van der Waals surface area contributed by atoms with Crippen molar-refractivity contribution in [3.8, 4) is 11.5 Å². The van der Waals surface area contributed by atoms with Crippen LogP contribution >= 0.6 is 11.9 Å². The highest BCUT2D eigenvalue weighted by atomic mass is 32.2. The quantitative estimate of drug-likeness (QED) is 0.377. The number of nitrogens with one attached hydrogen (secondary N) is 1. The fourth-order valence-electron chi connectivity index (χ4n) is 2.06. The van der Waals surface area contributed by atoms with Crippen LogP contribution in [0.3, 0.4) is 0 Å². The fourth-order valence-corrected chi connectivity index (χ4v) is 2.42.